The zero-order chi connectivity index (χ0) is 18.5. The Labute approximate surface area is 155 Å². The number of aromatic carboxylic acids is 1. The van der Waals surface area contributed by atoms with Crippen LogP contribution in [-0.4, -0.2) is 21.0 Å². The second-order valence-corrected chi connectivity index (χ2v) is 6.08. The first-order chi connectivity index (χ1) is 12.5. The summed E-state index contributed by atoms with van der Waals surface area (Å²) < 4.78 is 0. The van der Waals surface area contributed by atoms with E-state index in [4.69, 9.17) is 16.7 Å². The smallest absolute Gasteiger partial charge is 0.335 e. The zero-order valence-corrected chi connectivity index (χ0v) is 14.8. The van der Waals surface area contributed by atoms with Crippen molar-refractivity contribution in [3.63, 3.8) is 0 Å². The fraction of sp³-hybridized carbons (Fsp3) is 0.105. The van der Waals surface area contributed by atoms with E-state index in [0.717, 1.165) is 11.3 Å². The molecule has 0 aliphatic carbocycles. The van der Waals surface area contributed by atoms with E-state index >= 15 is 0 Å². The summed E-state index contributed by atoms with van der Waals surface area (Å²) >= 11 is 6.16. The molecule has 2 aromatic carbocycles. The van der Waals surface area contributed by atoms with Gasteiger partial charge in [0, 0.05) is 29.0 Å². The summed E-state index contributed by atoms with van der Waals surface area (Å²) in [5, 5.41) is 16.0. The summed E-state index contributed by atoms with van der Waals surface area (Å²) in [5.41, 5.74) is 2.57. The van der Waals surface area contributed by atoms with Crippen LogP contribution in [0.4, 0.5) is 17.5 Å². The molecule has 3 rings (SSSR count). The number of carboxylic acid groups (broad SMARTS) is 1. The van der Waals surface area contributed by atoms with Gasteiger partial charge in [-0.3, -0.25) is 0 Å². The predicted molar refractivity (Wildman–Crippen MR) is 102 cm³/mol. The van der Waals surface area contributed by atoms with Crippen LogP contribution in [0.1, 0.15) is 21.6 Å². The lowest BCUT2D eigenvalue weighted by atomic mass is 10.2. The third-order valence-corrected chi connectivity index (χ3v) is 4.00. The maximum Gasteiger partial charge on any atom is 0.335 e. The maximum absolute atomic E-state index is 11.1. The minimum atomic E-state index is -0.977. The van der Waals surface area contributed by atoms with Crippen molar-refractivity contribution in [3.8, 4) is 0 Å². The number of halogens is 1. The maximum atomic E-state index is 11.1. The molecule has 6 nitrogen and oxygen atoms in total. The third-order valence-electron chi connectivity index (χ3n) is 3.63. The lowest BCUT2D eigenvalue weighted by molar-refractivity contribution is 0.0697. The summed E-state index contributed by atoms with van der Waals surface area (Å²) in [6.45, 7) is 2.36. The highest BCUT2D eigenvalue weighted by Crippen LogP contribution is 2.19. The molecule has 0 radical (unpaired) electrons. The summed E-state index contributed by atoms with van der Waals surface area (Å²) in [4.78, 5) is 19.9. The Morgan fingerprint density at radius 3 is 2.69 bits per heavy atom. The van der Waals surface area contributed by atoms with E-state index in [0.29, 0.717) is 29.0 Å². The number of benzene rings is 2. The van der Waals surface area contributed by atoms with Crippen molar-refractivity contribution in [1.29, 1.82) is 0 Å². The Morgan fingerprint density at radius 2 is 1.92 bits per heavy atom. The minimum absolute atomic E-state index is 0.206. The van der Waals surface area contributed by atoms with Crippen molar-refractivity contribution in [2.45, 2.75) is 13.5 Å². The molecule has 0 unspecified atom stereocenters. The van der Waals surface area contributed by atoms with Gasteiger partial charge in [0.1, 0.15) is 5.82 Å². The molecule has 3 aromatic rings. The Kier molecular flexibility index (Phi) is 5.34. The fourth-order valence-electron chi connectivity index (χ4n) is 2.41. The molecular weight excluding hydrogens is 352 g/mol. The van der Waals surface area contributed by atoms with Gasteiger partial charge in [-0.25, -0.2) is 9.78 Å². The number of carboxylic acids is 1. The van der Waals surface area contributed by atoms with E-state index in [2.05, 4.69) is 20.6 Å². The molecule has 0 aliphatic heterocycles. The summed E-state index contributed by atoms with van der Waals surface area (Å²) in [5.74, 6) is 0.0538. The summed E-state index contributed by atoms with van der Waals surface area (Å²) in [6, 6.07) is 15.9. The number of nitrogens with zero attached hydrogens (tertiary/aromatic N) is 2. The topological polar surface area (TPSA) is 87.1 Å². The largest absolute Gasteiger partial charge is 0.478 e. The average molecular weight is 369 g/mol. The van der Waals surface area contributed by atoms with Gasteiger partial charge in [-0.2, -0.15) is 4.98 Å². The van der Waals surface area contributed by atoms with Crippen molar-refractivity contribution >= 4 is 35.0 Å². The van der Waals surface area contributed by atoms with Gasteiger partial charge in [0.25, 0.3) is 0 Å². The van der Waals surface area contributed by atoms with E-state index in [1.54, 1.807) is 24.3 Å². The van der Waals surface area contributed by atoms with Crippen LogP contribution in [0.2, 0.25) is 5.02 Å². The van der Waals surface area contributed by atoms with Gasteiger partial charge in [-0.05, 0) is 36.8 Å². The Bertz CT molecular complexity index is 946. The summed E-state index contributed by atoms with van der Waals surface area (Å²) in [7, 11) is 0. The molecule has 132 valence electrons. The minimum Gasteiger partial charge on any atom is -0.478 e. The van der Waals surface area contributed by atoms with Crippen LogP contribution >= 0.6 is 11.6 Å². The molecule has 1 heterocycles. The van der Waals surface area contributed by atoms with E-state index in [9.17, 15) is 4.79 Å². The van der Waals surface area contributed by atoms with E-state index in [-0.39, 0.29) is 5.56 Å². The molecular formula is C19H17ClN4O2. The van der Waals surface area contributed by atoms with Crippen LogP contribution in [0.5, 0.6) is 0 Å². The SMILES string of the molecule is Cc1cc(Nc2cccc(C(=O)O)c2)nc(NCc2ccccc2Cl)n1. The Hall–Kier alpha value is -3.12. The number of aromatic nitrogens is 2. The van der Waals surface area contributed by atoms with Crippen molar-refractivity contribution < 1.29 is 9.90 Å². The number of rotatable bonds is 6. The molecule has 0 bridgehead atoms. The average Bonchev–Trinajstić information content (AvgIpc) is 2.61. The molecule has 1 aromatic heterocycles. The zero-order valence-electron chi connectivity index (χ0n) is 14.0. The van der Waals surface area contributed by atoms with E-state index in [1.165, 1.54) is 6.07 Å². The second-order valence-electron chi connectivity index (χ2n) is 5.67. The molecule has 3 N–H and O–H groups in total. The van der Waals surface area contributed by atoms with Crippen LogP contribution in [0.25, 0.3) is 0 Å². The normalized spacial score (nSPS) is 10.4. The van der Waals surface area contributed by atoms with Crippen molar-refractivity contribution in [2.24, 2.45) is 0 Å². The molecule has 0 saturated carbocycles. The first kappa shape index (κ1) is 17.7. The lowest BCUT2D eigenvalue weighted by Crippen LogP contribution is -2.07. The molecule has 7 heteroatoms. The van der Waals surface area contributed by atoms with Gasteiger partial charge in [-0.15, -0.1) is 0 Å². The first-order valence-electron chi connectivity index (χ1n) is 7.94. The quantitative estimate of drug-likeness (QED) is 0.594. The van der Waals surface area contributed by atoms with Gasteiger partial charge in [-0.1, -0.05) is 35.9 Å². The highest BCUT2D eigenvalue weighted by Gasteiger charge is 2.07. The van der Waals surface area contributed by atoms with Gasteiger partial charge in [0.15, 0.2) is 0 Å². The fourth-order valence-corrected chi connectivity index (χ4v) is 2.61. The lowest BCUT2D eigenvalue weighted by Gasteiger charge is -2.11. The molecule has 0 spiro atoms. The number of hydrogen-bond donors (Lipinski definition) is 3. The molecule has 0 amide bonds. The molecule has 0 atom stereocenters. The molecule has 26 heavy (non-hydrogen) atoms. The van der Waals surface area contributed by atoms with Crippen molar-refractivity contribution in [1.82, 2.24) is 9.97 Å². The van der Waals surface area contributed by atoms with Crippen LogP contribution in [0.15, 0.2) is 54.6 Å². The highest BCUT2D eigenvalue weighted by atomic mass is 35.5. The van der Waals surface area contributed by atoms with Crippen molar-refractivity contribution in [3.05, 3.63) is 76.4 Å². The standard InChI is InChI=1S/C19H17ClN4O2/c1-12-9-17(23-15-7-4-6-13(10-15)18(25)26)24-19(22-12)21-11-14-5-2-3-8-16(14)20/h2-10H,11H2,1H3,(H,25,26)(H2,21,22,23,24). The molecule has 0 fully saturated rings. The van der Waals surface area contributed by atoms with Crippen LogP contribution < -0.4 is 10.6 Å². The summed E-state index contributed by atoms with van der Waals surface area (Å²) in [6.07, 6.45) is 0. The van der Waals surface area contributed by atoms with Crippen LogP contribution in [-0.2, 0) is 6.54 Å². The first-order valence-corrected chi connectivity index (χ1v) is 8.32. The molecule has 0 aliphatic rings. The van der Waals surface area contributed by atoms with Crippen LogP contribution in [0, 0.1) is 6.92 Å². The van der Waals surface area contributed by atoms with Gasteiger partial charge in [0.2, 0.25) is 5.95 Å². The number of aryl methyl sites for hydroxylation is 1. The van der Waals surface area contributed by atoms with E-state index in [1.807, 2.05) is 31.2 Å². The van der Waals surface area contributed by atoms with E-state index < -0.39 is 5.97 Å². The van der Waals surface area contributed by atoms with Gasteiger partial charge >= 0.3 is 5.97 Å². The Morgan fingerprint density at radius 1 is 1.12 bits per heavy atom. The van der Waals surface area contributed by atoms with Crippen LogP contribution in [0.3, 0.4) is 0 Å². The number of carbonyl (C=O) groups is 1. The van der Waals surface area contributed by atoms with Crippen molar-refractivity contribution in [2.75, 3.05) is 10.6 Å². The third kappa shape index (κ3) is 4.49. The Balaban J connectivity index is 1.76. The number of anilines is 3. The van der Waals surface area contributed by atoms with Gasteiger partial charge in [0.05, 0.1) is 5.56 Å². The molecule has 0 saturated heterocycles. The number of hydrogen-bond acceptors (Lipinski definition) is 5. The highest BCUT2D eigenvalue weighted by molar-refractivity contribution is 6.31. The second kappa shape index (κ2) is 7.84. The number of nitrogens with one attached hydrogen (secondary N) is 2. The predicted octanol–water partition coefficient (Wildman–Crippen LogP) is 4.49. The monoisotopic (exact) mass is 368 g/mol. The van der Waals surface area contributed by atoms with Gasteiger partial charge < -0.3 is 15.7 Å².